The van der Waals surface area contributed by atoms with E-state index in [1.165, 1.54) is 0 Å². The van der Waals surface area contributed by atoms with Crippen LogP contribution in [0.4, 0.5) is 0 Å². The molecule has 0 radical (unpaired) electrons. The lowest BCUT2D eigenvalue weighted by Crippen LogP contribution is -2.31. The third-order valence-corrected chi connectivity index (χ3v) is 2.00. The number of hydrogen-bond acceptors (Lipinski definition) is 3. The van der Waals surface area contributed by atoms with Gasteiger partial charge in [0.15, 0.2) is 6.61 Å². The van der Waals surface area contributed by atoms with Gasteiger partial charge < -0.3 is 15.2 Å². The SMILES string of the molecule is Cc1cc(C)cc(OCC(=O)NCCO)c1. The van der Waals surface area contributed by atoms with Crippen LogP contribution in [0.25, 0.3) is 0 Å². The zero-order chi connectivity index (χ0) is 12.0. The predicted octanol–water partition coefficient (Wildman–Crippen LogP) is 0.791. The van der Waals surface area contributed by atoms with Gasteiger partial charge in [-0.1, -0.05) is 6.07 Å². The van der Waals surface area contributed by atoms with E-state index in [1.54, 1.807) is 0 Å². The van der Waals surface area contributed by atoms with E-state index in [4.69, 9.17) is 9.84 Å². The van der Waals surface area contributed by atoms with E-state index in [1.807, 2.05) is 32.0 Å². The lowest BCUT2D eigenvalue weighted by Gasteiger charge is -2.08. The summed E-state index contributed by atoms with van der Waals surface area (Å²) in [4.78, 5) is 11.2. The van der Waals surface area contributed by atoms with Crippen molar-refractivity contribution in [2.24, 2.45) is 0 Å². The summed E-state index contributed by atoms with van der Waals surface area (Å²) in [5.74, 6) is 0.463. The van der Waals surface area contributed by atoms with Crippen LogP contribution in [0, 0.1) is 13.8 Å². The Bertz CT molecular complexity index is 343. The van der Waals surface area contributed by atoms with Gasteiger partial charge >= 0.3 is 0 Å². The van der Waals surface area contributed by atoms with Gasteiger partial charge in [0.1, 0.15) is 5.75 Å². The fourth-order valence-corrected chi connectivity index (χ4v) is 1.41. The molecule has 0 atom stereocenters. The van der Waals surface area contributed by atoms with Crippen molar-refractivity contribution in [3.63, 3.8) is 0 Å². The number of aryl methyl sites for hydroxylation is 2. The van der Waals surface area contributed by atoms with Gasteiger partial charge in [0.2, 0.25) is 0 Å². The largest absolute Gasteiger partial charge is 0.484 e. The first-order valence-corrected chi connectivity index (χ1v) is 5.20. The van der Waals surface area contributed by atoms with Crippen molar-refractivity contribution in [3.8, 4) is 5.75 Å². The molecule has 0 saturated heterocycles. The van der Waals surface area contributed by atoms with E-state index < -0.39 is 0 Å². The first-order chi connectivity index (χ1) is 7.61. The first kappa shape index (κ1) is 12.5. The van der Waals surface area contributed by atoms with E-state index in [0.717, 1.165) is 11.1 Å². The molecule has 4 nitrogen and oxygen atoms in total. The van der Waals surface area contributed by atoms with Crippen molar-refractivity contribution < 1.29 is 14.6 Å². The molecule has 1 rings (SSSR count). The molecule has 4 heteroatoms. The van der Waals surface area contributed by atoms with Gasteiger partial charge in [0, 0.05) is 6.54 Å². The van der Waals surface area contributed by atoms with Crippen LogP contribution in [-0.4, -0.2) is 30.8 Å². The molecule has 1 amide bonds. The summed E-state index contributed by atoms with van der Waals surface area (Å²) >= 11 is 0. The monoisotopic (exact) mass is 223 g/mol. The third kappa shape index (κ3) is 4.31. The second-order valence-electron chi connectivity index (χ2n) is 3.69. The van der Waals surface area contributed by atoms with Gasteiger partial charge in [-0.15, -0.1) is 0 Å². The Morgan fingerprint density at radius 1 is 1.31 bits per heavy atom. The lowest BCUT2D eigenvalue weighted by molar-refractivity contribution is -0.123. The number of amides is 1. The molecule has 0 aromatic heterocycles. The van der Waals surface area contributed by atoms with Crippen LogP contribution in [0.15, 0.2) is 18.2 Å². The minimum Gasteiger partial charge on any atom is -0.484 e. The highest BCUT2D eigenvalue weighted by atomic mass is 16.5. The Morgan fingerprint density at radius 3 is 2.50 bits per heavy atom. The fourth-order valence-electron chi connectivity index (χ4n) is 1.41. The molecule has 16 heavy (non-hydrogen) atoms. The van der Waals surface area contributed by atoms with Gasteiger partial charge in [-0.3, -0.25) is 4.79 Å². The number of aliphatic hydroxyl groups is 1. The van der Waals surface area contributed by atoms with Crippen molar-refractivity contribution in [1.82, 2.24) is 5.32 Å². The molecule has 0 aliphatic carbocycles. The quantitative estimate of drug-likeness (QED) is 0.776. The smallest absolute Gasteiger partial charge is 0.258 e. The molecule has 88 valence electrons. The summed E-state index contributed by atoms with van der Waals surface area (Å²) in [6.45, 7) is 4.13. The number of aliphatic hydroxyl groups excluding tert-OH is 1. The van der Waals surface area contributed by atoms with Gasteiger partial charge in [-0.2, -0.15) is 0 Å². The molecule has 0 aliphatic heterocycles. The Balaban J connectivity index is 2.45. The Kier molecular flexibility index (Phi) is 4.79. The summed E-state index contributed by atoms with van der Waals surface area (Å²) in [7, 11) is 0. The number of rotatable bonds is 5. The van der Waals surface area contributed by atoms with Gasteiger partial charge in [0.25, 0.3) is 5.91 Å². The first-order valence-electron chi connectivity index (χ1n) is 5.20. The van der Waals surface area contributed by atoms with Crippen molar-refractivity contribution >= 4 is 5.91 Å². The molecular weight excluding hydrogens is 206 g/mol. The normalized spacial score (nSPS) is 9.94. The standard InChI is InChI=1S/C12H17NO3/c1-9-5-10(2)7-11(6-9)16-8-12(15)13-3-4-14/h5-7,14H,3-4,8H2,1-2H3,(H,13,15). The maximum absolute atomic E-state index is 11.2. The van der Waals surface area contributed by atoms with Gasteiger partial charge in [-0.25, -0.2) is 0 Å². The van der Waals surface area contributed by atoms with Crippen LogP contribution >= 0.6 is 0 Å². The maximum atomic E-state index is 11.2. The number of ether oxygens (including phenoxy) is 1. The number of benzene rings is 1. The molecule has 0 fully saturated rings. The van der Waals surface area contributed by atoms with Crippen molar-refractivity contribution in [3.05, 3.63) is 29.3 Å². The third-order valence-electron chi connectivity index (χ3n) is 2.00. The highest BCUT2D eigenvalue weighted by molar-refractivity contribution is 5.77. The van der Waals surface area contributed by atoms with E-state index in [9.17, 15) is 4.79 Å². The van der Waals surface area contributed by atoms with Crippen LogP contribution < -0.4 is 10.1 Å². The molecule has 0 aliphatic rings. The summed E-state index contributed by atoms with van der Waals surface area (Å²) < 4.78 is 5.33. The van der Waals surface area contributed by atoms with E-state index in [2.05, 4.69) is 5.32 Å². The molecule has 0 spiro atoms. The van der Waals surface area contributed by atoms with E-state index in [-0.39, 0.29) is 25.7 Å². The topological polar surface area (TPSA) is 58.6 Å². The average Bonchev–Trinajstić information content (AvgIpc) is 2.22. The molecule has 2 N–H and O–H groups in total. The van der Waals surface area contributed by atoms with E-state index in [0.29, 0.717) is 5.75 Å². The number of carbonyl (C=O) groups excluding carboxylic acids is 1. The minimum atomic E-state index is -0.229. The van der Waals surface area contributed by atoms with Gasteiger partial charge in [-0.05, 0) is 37.1 Å². The zero-order valence-corrected chi connectivity index (χ0v) is 9.62. The highest BCUT2D eigenvalue weighted by Gasteiger charge is 2.02. The molecule has 0 unspecified atom stereocenters. The minimum absolute atomic E-state index is 0.0249. The lowest BCUT2D eigenvalue weighted by atomic mass is 10.1. The molecule has 1 aromatic rings. The van der Waals surface area contributed by atoms with Crippen LogP contribution in [0.5, 0.6) is 5.75 Å². The zero-order valence-electron chi connectivity index (χ0n) is 9.62. The summed E-state index contributed by atoms with van der Waals surface area (Å²) in [5.41, 5.74) is 2.21. The predicted molar refractivity (Wildman–Crippen MR) is 61.5 cm³/mol. The van der Waals surface area contributed by atoms with Crippen LogP contribution in [0.1, 0.15) is 11.1 Å². The molecular formula is C12H17NO3. The summed E-state index contributed by atoms with van der Waals surface area (Å²) in [6, 6.07) is 5.80. The molecule has 0 bridgehead atoms. The number of hydrogen-bond donors (Lipinski definition) is 2. The van der Waals surface area contributed by atoms with Crippen molar-refractivity contribution in [2.45, 2.75) is 13.8 Å². The van der Waals surface area contributed by atoms with Crippen molar-refractivity contribution in [1.29, 1.82) is 0 Å². The van der Waals surface area contributed by atoms with Crippen LogP contribution in [0.2, 0.25) is 0 Å². The number of nitrogens with one attached hydrogen (secondary N) is 1. The molecule has 0 heterocycles. The maximum Gasteiger partial charge on any atom is 0.258 e. The Labute approximate surface area is 95.2 Å². The fraction of sp³-hybridized carbons (Fsp3) is 0.417. The van der Waals surface area contributed by atoms with Crippen LogP contribution in [-0.2, 0) is 4.79 Å². The average molecular weight is 223 g/mol. The number of carbonyl (C=O) groups is 1. The molecule has 1 aromatic carbocycles. The van der Waals surface area contributed by atoms with Gasteiger partial charge in [0.05, 0.1) is 6.61 Å². The summed E-state index contributed by atoms with van der Waals surface area (Å²) in [6.07, 6.45) is 0. The van der Waals surface area contributed by atoms with Crippen molar-refractivity contribution in [2.75, 3.05) is 19.8 Å². The molecule has 0 saturated carbocycles. The highest BCUT2D eigenvalue weighted by Crippen LogP contribution is 2.15. The summed E-state index contributed by atoms with van der Waals surface area (Å²) in [5, 5.41) is 11.0. The van der Waals surface area contributed by atoms with E-state index >= 15 is 0 Å². The van der Waals surface area contributed by atoms with Crippen LogP contribution in [0.3, 0.4) is 0 Å². The second-order valence-corrected chi connectivity index (χ2v) is 3.69. The Hall–Kier alpha value is -1.55. The second kappa shape index (κ2) is 6.12. The Morgan fingerprint density at radius 2 is 1.94 bits per heavy atom.